The number of nitrogens with zero attached hydrogens (tertiary/aromatic N) is 2. The van der Waals surface area contributed by atoms with Gasteiger partial charge >= 0.3 is 0 Å². The fourth-order valence-corrected chi connectivity index (χ4v) is 2.44. The molecule has 0 atom stereocenters. The second-order valence-electron chi connectivity index (χ2n) is 7.19. The largest absolute Gasteiger partial charge is 0.386 e. The van der Waals surface area contributed by atoms with Gasteiger partial charge in [0.25, 0.3) is 5.91 Å². The predicted molar refractivity (Wildman–Crippen MR) is 109 cm³/mol. The van der Waals surface area contributed by atoms with Gasteiger partial charge in [-0.2, -0.15) is 0 Å². The fraction of sp³-hybridized carbons (Fsp3) is 0.300. The van der Waals surface area contributed by atoms with Crippen LogP contribution in [0.5, 0.6) is 0 Å². The Kier molecular flexibility index (Phi) is 6.69. The molecule has 2 aromatic rings. The highest BCUT2D eigenvalue weighted by atomic mass is 35.5. The molecule has 0 radical (unpaired) electrons. The second-order valence-corrected chi connectivity index (χ2v) is 7.58. The van der Waals surface area contributed by atoms with Crippen LogP contribution in [0, 0.1) is 12.3 Å². The average Bonchev–Trinajstić information content (AvgIpc) is 2.60. The van der Waals surface area contributed by atoms with Gasteiger partial charge < -0.3 is 16.0 Å². The van der Waals surface area contributed by atoms with E-state index in [2.05, 4.69) is 20.6 Å². The maximum absolute atomic E-state index is 12.3. The van der Waals surface area contributed by atoms with Crippen molar-refractivity contribution in [3.63, 3.8) is 0 Å². The molecule has 0 bridgehead atoms. The molecule has 3 N–H and O–H groups in total. The molecule has 0 aliphatic carbocycles. The van der Waals surface area contributed by atoms with E-state index >= 15 is 0 Å². The number of rotatable bonds is 6. The van der Waals surface area contributed by atoms with Crippen LogP contribution in [-0.2, 0) is 11.3 Å². The smallest absolute Gasteiger partial charge is 0.254 e. The van der Waals surface area contributed by atoms with Crippen LogP contribution in [0.15, 0.2) is 42.4 Å². The van der Waals surface area contributed by atoms with Crippen molar-refractivity contribution in [3.8, 4) is 11.3 Å². The summed E-state index contributed by atoms with van der Waals surface area (Å²) in [5, 5.41) is 13.8. The molecule has 1 heterocycles. The summed E-state index contributed by atoms with van der Waals surface area (Å²) in [7, 11) is 0. The molecule has 7 heteroatoms. The summed E-state index contributed by atoms with van der Waals surface area (Å²) < 4.78 is 0. The lowest BCUT2D eigenvalue weighted by Gasteiger charge is -2.19. The Bertz CT molecular complexity index is 871. The number of carbonyl (C=O) groups is 1. The molecule has 1 aromatic carbocycles. The van der Waals surface area contributed by atoms with Crippen molar-refractivity contribution in [2.75, 3.05) is 0 Å². The van der Waals surface area contributed by atoms with Gasteiger partial charge in [-0.1, -0.05) is 23.7 Å². The highest BCUT2D eigenvalue weighted by molar-refractivity contribution is 6.29. The number of amides is 1. The van der Waals surface area contributed by atoms with E-state index in [1.54, 1.807) is 12.3 Å². The number of hydrogen-bond acceptors (Lipinski definition) is 5. The second kappa shape index (κ2) is 8.77. The van der Waals surface area contributed by atoms with Gasteiger partial charge in [0.2, 0.25) is 0 Å². The molecular weight excluding hydrogens is 362 g/mol. The van der Waals surface area contributed by atoms with Crippen LogP contribution >= 0.6 is 11.6 Å². The van der Waals surface area contributed by atoms with Gasteiger partial charge in [0.15, 0.2) is 0 Å². The average molecular weight is 386 g/mol. The van der Waals surface area contributed by atoms with Crippen LogP contribution in [0.4, 0.5) is 0 Å². The molecule has 0 aliphatic heterocycles. The molecule has 0 saturated carbocycles. The summed E-state index contributed by atoms with van der Waals surface area (Å²) in [6, 6.07) is 7.58. The molecule has 0 aliphatic rings. The van der Waals surface area contributed by atoms with Crippen LogP contribution in [0.25, 0.3) is 11.3 Å². The summed E-state index contributed by atoms with van der Waals surface area (Å²) in [6.45, 7) is 8.30. The monoisotopic (exact) mass is 385 g/mol. The van der Waals surface area contributed by atoms with E-state index in [9.17, 15) is 4.79 Å². The van der Waals surface area contributed by atoms with Gasteiger partial charge in [-0.3, -0.25) is 4.79 Å². The number of carbonyl (C=O) groups excluding carboxylic acids is 1. The van der Waals surface area contributed by atoms with E-state index in [0.29, 0.717) is 11.7 Å². The summed E-state index contributed by atoms with van der Waals surface area (Å²) in [5.41, 5.74) is 3.79. The Hall–Kier alpha value is -2.73. The van der Waals surface area contributed by atoms with Crippen molar-refractivity contribution >= 4 is 23.7 Å². The third kappa shape index (κ3) is 6.18. The van der Waals surface area contributed by atoms with Gasteiger partial charge in [-0.25, -0.2) is 9.97 Å². The predicted octanol–water partition coefficient (Wildman–Crippen LogP) is 3.64. The van der Waals surface area contributed by atoms with E-state index in [4.69, 9.17) is 17.0 Å². The maximum Gasteiger partial charge on any atom is 0.254 e. The zero-order valence-electron chi connectivity index (χ0n) is 15.9. The lowest BCUT2D eigenvalue weighted by molar-refractivity contribution is -0.117. The molecule has 0 spiro atoms. The van der Waals surface area contributed by atoms with Crippen molar-refractivity contribution < 1.29 is 4.79 Å². The Morgan fingerprint density at radius 3 is 2.59 bits per heavy atom. The highest BCUT2D eigenvalue weighted by Crippen LogP contribution is 2.22. The van der Waals surface area contributed by atoms with Crippen molar-refractivity contribution in [2.45, 2.75) is 39.8 Å². The Labute approximate surface area is 164 Å². The van der Waals surface area contributed by atoms with E-state index in [0.717, 1.165) is 28.6 Å². The first-order chi connectivity index (χ1) is 12.7. The lowest BCUT2D eigenvalue weighted by atomic mass is 10.0. The lowest BCUT2D eigenvalue weighted by Crippen LogP contribution is -2.33. The molecule has 1 aromatic heterocycles. The van der Waals surface area contributed by atoms with Gasteiger partial charge in [0.05, 0.1) is 11.3 Å². The zero-order chi connectivity index (χ0) is 20.0. The van der Waals surface area contributed by atoms with Crippen molar-refractivity contribution in [1.82, 2.24) is 20.6 Å². The molecule has 0 unspecified atom stereocenters. The van der Waals surface area contributed by atoms with Crippen LogP contribution in [-0.4, -0.2) is 27.6 Å². The molecular formula is C20H24ClN5O. The van der Waals surface area contributed by atoms with Gasteiger partial charge in [0, 0.05) is 36.1 Å². The summed E-state index contributed by atoms with van der Waals surface area (Å²) in [5.74, 6) is -0.298. The molecule has 0 fully saturated rings. The van der Waals surface area contributed by atoms with E-state index in [-0.39, 0.29) is 17.0 Å². The number of benzene rings is 1. The number of aromatic nitrogens is 2. The van der Waals surface area contributed by atoms with Crippen LogP contribution in [0.1, 0.15) is 31.9 Å². The summed E-state index contributed by atoms with van der Waals surface area (Å²) >= 11 is 5.92. The third-order valence-electron chi connectivity index (χ3n) is 3.79. The normalized spacial score (nSPS) is 11.8. The number of hydrogen-bond donors (Lipinski definition) is 3. The minimum atomic E-state index is -0.298. The topological polar surface area (TPSA) is 90.8 Å². The molecule has 27 heavy (non-hydrogen) atoms. The number of halogens is 1. The minimum Gasteiger partial charge on any atom is -0.386 e. The first-order valence-electron chi connectivity index (χ1n) is 8.53. The number of aryl methyl sites for hydroxylation is 1. The van der Waals surface area contributed by atoms with Crippen molar-refractivity contribution in [3.05, 3.63) is 58.6 Å². The van der Waals surface area contributed by atoms with E-state index < -0.39 is 0 Å². The van der Waals surface area contributed by atoms with Crippen LogP contribution in [0.2, 0.25) is 5.15 Å². The standard InChI is InChI=1S/C20H24ClN5O/c1-13-7-14(17-8-18(21)25-12-24-17)5-6-15(13)10-23-19(27)16(9-22)11-26-20(2,3)4/h5-9,11-12,22,26H,10H2,1-4H3,(H,23,27)/b16-11+,22-9?. The van der Waals surface area contributed by atoms with Crippen LogP contribution < -0.4 is 10.6 Å². The highest BCUT2D eigenvalue weighted by Gasteiger charge is 2.11. The molecule has 6 nitrogen and oxygen atoms in total. The maximum atomic E-state index is 12.3. The molecule has 142 valence electrons. The molecule has 0 saturated heterocycles. The van der Waals surface area contributed by atoms with Gasteiger partial charge in [-0.05, 0) is 44.9 Å². The Morgan fingerprint density at radius 2 is 2.00 bits per heavy atom. The first kappa shape index (κ1) is 20.6. The third-order valence-corrected chi connectivity index (χ3v) is 4.00. The first-order valence-corrected chi connectivity index (χ1v) is 8.91. The van der Waals surface area contributed by atoms with Crippen molar-refractivity contribution in [2.24, 2.45) is 0 Å². The Morgan fingerprint density at radius 1 is 1.26 bits per heavy atom. The zero-order valence-corrected chi connectivity index (χ0v) is 16.7. The SMILES string of the molecule is Cc1cc(-c2cc(Cl)ncn2)ccc1CNC(=O)/C(C=N)=C/NC(C)(C)C. The van der Waals surface area contributed by atoms with E-state index in [1.807, 2.05) is 45.9 Å². The van der Waals surface area contributed by atoms with E-state index in [1.165, 1.54) is 6.33 Å². The van der Waals surface area contributed by atoms with Gasteiger partial charge in [-0.15, -0.1) is 0 Å². The van der Waals surface area contributed by atoms with Crippen molar-refractivity contribution in [1.29, 1.82) is 5.41 Å². The van der Waals surface area contributed by atoms with Crippen LogP contribution in [0.3, 0.4) is 0 Å². The summed E-state index contributed by atoms with van der Waals surface area (Å²) in [6.07, 6.45) is 4.04. The fourth-order valence-electron chi connectivity index (χ4n) is 2.29. The molecule has 1 amide bonds. The Balaban J connectivity index is 2.07. The summed E-state index contributed by atoms with van der Waals surface area (Å²) in [4.78, 5) is 20.4. The minimum absolute atomic E-state index is 0.176. The van der Waals surface area contributed by atoms with Gasteiger partial charge in [0.1, 0.15) is 11.5 Å². The molecule has 2 rings (SSSR count). The quantitative estimate of drug-likeness (QED) is 0.402. The number of nitrogens with one attached hydrogen (secondary N) is 3.